The minimum Gasteiger partial charge on any atom is -0.493 e. The third-order valence-corrected chi connectivity index (χ3v) is 10.0. The second-order valence-electron chi connectivity index (χ2n) is 14.6. The lowest BCUT2D eigenvalue weighted by molar-refractivity contribution is -0.0207. The molecule has 0 N–H and O–H groups in total. The summed E-state index contributed by atoms with van der Waals surface area (Å²) in [6, 6.07) is 14.8. The molecule has 0 aliphatic heterocycles. The van der Waals surface area contributed by atoms with Crippen molar-refractivity contribution in [2.45, 2.75) is 123 Å². The summed E-state index contributed by atoms with van der Waals surface area (Å²) in [5, 5.41) is 0. The summed E-state index contributed by atoms with van der Waals surface area (Å²) in [6.45, 7) is 4.39. The molecule has 0 spiro atoms. The Bertz CT molecular complexity index is 1850. The van der Waals surface area contributed by atoms with Crippen LogP contribution in [0, 0.1) is 41.8 Å². The van der Waals surface area contributed by atoms with Gasteiger partial charge < -0.3 is 14.2 Å². The maximum Gasteiger partial charge on any atom is 0.248 e. The zero-order chi connectivity index (χ0) is 41.2. The number of halogens is 8. The molecule has 0 heterocycles. The van der Waals surface area contributed by atoms with E-state index < -0.39 is 40.8 Å². The van der Waals surface area contributed by atoms with Crippen LogP contribution in [0.4, 0.5) is 35.1 Å². The quantitative estimate of drug-likeness (QED) is 0.0467. The van der Waals surface area contributed by atoms with Crippen molar-refractivity contribution in [3.8, 4) is 17.2 Å². The SMILES string of the molecule is CCCCOc1ccc(CCc2ccc(OCCCCCCC(F)(F)CCCCCCOc3ccc(CCc4ccc(C)c(F)c4F)c(F)c3)cc2F)c(F)c1F. The van der Waals surface area contributed by atoms with Gasteiger partial charge in [-0.3, -0.25) is 0 Å². The van der Waals surface area contributed by atoms with Gasteiger partial charge in [-0.1, -0.05) is 69.4 Å². The number of rotatable bonds is 26. The highest BCUT2D eigenvalue weighted by Crippen LogP contribution is 2.29. The number of benzene rings is 4. The van der Waals surface area contributed by atoms with Crippen molar-refractivity contribution >= 4 is 0 Å². The number of hydrogen-bond donors (Lipinski definition) is 0. The highest BCUT2D eigenvalue weighted by Gasteiger charge is 2.27. The summed E-state index contributed by atoms with van der Waals surface area (Å²) in [5.41, 5.74) is 1.27. The molecule has 0 fully saturated rings. The summed E-state index contributed by atoms with van der Waals surface area (Å²) in [5.74, 6) is -6.99. The Balaban J connectivity index is 1.02. The third kappa shape index (κ3) is 14.9. The first-order valence-corrected chi connectivity index (χ1v) is 20.1. The van der Waals surface area contributed by atoms with Crippen LogP contribution >= 0.6 is 0 Å². The smallest absolute Gasteiger partial charge is 0.248 e. The van der Waals surface area contributed by atoms with E-state index in [1.54, 1.807) is 24.3 Å². The van der Waals surface area contributed by atoms with Gasteiger partial charge in [0.05, 0.1) is 19.8 Å². The van der Waals surface area contributed by atoms with Crippen LogP contribution in [0.2, 0.25) is 0 Å². The van der Waals surface area contributed by atoms with Gasteiger partial charge >= 0.3 is 0 Å². The molecule has 0 radical (unpaired) electrons. The number of ether oxygens (including phenoxy) is 3. The number of hydrogen-bond acceptors (Lipinski definition) is 3. The molecule has 0 aliphatic rings. The van der Waals surface area contributed by atoms with Crippen molar-refractivity contribution in [2.75, 3.05) is 19.8 Å². The summed E-state index contributed by atoms with van der Waals surface area (Å²) >= 11 is 0. The zero-order valence-electron chi connectivity index (χ0n) is 33.0. The first-order chi connectivity index (χ1) is 27.4. The van der Waals surface area contributed by atoms with E-state index in [1.807, 2.05) is 6.92 Å². The Hall–Kier alpha value is -4.28. The molecule has 57 heavy (non-hydrogen) atoms. The lowest BCUT2D eigenvalue weighted by Gasteiger charge is -2.16. The molecule has 0 aromatic heterocycles. The van der Waals surface area contributed by atoms with Crippen LogP contribution in [0.3, 0.4) is 0 Å². The summed E-state index contributed by atoms with van der Waals surface area (Å²) in [7, 11) is 0. The van der Waals surface area contributed by atoms with Crippen LogP contribution in [0.15, 0.2) is 60.7 Å². The van der Waals surface area contributed by atoms with Crippen LogP contribution < -0.4 is 14.2 Å². The van der Waals surface area contributed by atoms with Crippen LogP contribution in [-0.2, 0) is 25.7 Å². The first-order valence-electron chi connectivity index (χ1n) is 20.1. The van der Waals surface area contributed by atoms with Gasteiger partial charge in [0.25, 0.3) is 0 Å². The van der Waals surface area contributed by atoms with Gasteiger partial charge in [0.2, 0.25) is 11.7 Å². The van der Waals surface area contributed by atoms with Gasteiger partial charge in [0, 0.05) is 25.0 Å². The predicted molar refractivity (Wildman–Crippen MR) is 208 cm³/mol. The van der Waals surface area contributed by atoms with E-state index in [9.17, 15) is 35.1 Å². The van der Waals surface area contributed by atoms with Crippen molar-refractivity contribution in [1.82, 2.24) is 0 Å². The molecule has 11 heteroatoms. The normalized spacial score (nSPS) is 11.6. The molecule has 0 saturated heterocycles. The Kier molecular flexibility index (Phi) is 18.5. The van der Waals surface area contributed by atoms with E-state index in [1.165, 1.54) is 43.3 Å². The van der Waals surface area contributed by atoms with E-state index in [0.29, 0.717) is 93.8 Å². The van der Waals surface area contributed by atoms with E-state index in [0.717, 1.165) is 12.8 Å². The largest absolute Gasteiger partial charge is 0.493 e. The van der Waals surface area contributed by atoms with Gasteiger partial charge in [-0.2, -0.15) is 4.39 Å². The van der Waals surface area contributed by atoms with Crippen LogP contribution in [0.25, 0.3) is 0 Å². The van der Waals surface area contributed by atoms with Gasteiger partial charge in [-0.25, -0.2) is 30.7 Å². The minimum absolute atomic E-state index is 0.112. The Labute approximate surface area is 331 Å². The second kappa shape index (κ2) is 23.2. The molecule has 4 rings (SSSR count). The molecule has 3 nitrogen and oxygen atoms in total. The monoisotopic (exact) mass is 806 g/mol. The number of unbranched alkanes of at least 4 members (excludes halogenated alkanes) is 7. The van der Waals surface area contributed by atoms with Crippen molar-refractivity contribution < 1.29 is 49.3 Å². The average molecular weight is 807 g/mol. The molecule has 4 aromatic carbocycles. The average Bonchev–Trinajstić information content (AvgIpc) is 3.18. The second-order valence-corrected chi connectivity index (χ2v) is 14.6. The lowest BCUT2D eigenvalue weighted by atomic mass is 10.0. The Morgan fingerprint density at radius 2 is 0.895 bits per heavy atom. The Morgan fingerprint density at radius 1 is 0.456 bits per heavy atom. The van der Waals surface area contributed by atoms with Crippen LogP contribution in [0.1, 0.15) is 112 Å². The van der Waals surface area contributed by atoms with Crippen molar-refractivity contribution in [3.63, 3.8) is 0 Å². The van der Waals surface area contributed by atoms with Gasteiger partial charge in [-0.05, 0) is 111 Å². The molecule has 0 atom stereocenters. The van der Waals surface area contributed by atoms with E-state index in [4.69, 9.17) is 14.2 Å². The molecule has 0 unspecified atom stereocenters. The molecule has 0 saturated carbocycles. The maximum atomic E-state index is 14.7. The lowest BCUT2D eigenvalue weighted by Crippen LogP contribution is -2.15. The molecule has 4 aromatic rings. The standard InChI is InChI=1S/C46H54F8O3/c1-3-4-27-57-41-24-21-36(44(51)45(41)52)18-16-34-20-23-38(31-40(34)48)56-29-12-8-6-10-26-46(53,54)25-9-5-7-11-28-55-37-22-19-33(39(47)30-37)15-17-35-14-13-32(2)42(49)43(35)50/h13-14,19-24,30-31H,3-12,15-18,25-29H2,1-2H3. The van der Waals surface area contributed by atoms with Crippen molar-refractivity contribution in [3.05, 3.63) is 123 Å². The summed E-state index contributed by atoms with van der Waals surface area (Å²) < 4.78 is 132. The topological polar surface area (TPSA) is 27.7 Å². The first kappa shape index (κ1) is 45.4. The minimum atomic E-state index is -2.74. The van der Waals surface area contributed by atoms with E-state index in [-0.39, 0.29) is 61.0 Å². The highest BCUT2D eigenvalue weighted by atomic mass is 19.3. The number of aryl methyl sites for hydroxylation is 5. The Morgan fingerprint density at radius 3 is 1.40 bits per heavy atom. The fourth-order valence-electron chi connectivity index (χ4n) is 6.45. The highest BCUT2D eigenvalue weighted by molar-refractivity contribution is 5.34. The molecular weight excluding hydrogens is 752 g/mol. The predicted octanol–water partition coefficient (Wildman–Crippen LogP) is 13.6. The molecular formula is C46H54F8O3. The summed E-state index contributed by atoms with van der Waals surface area (Å²) in [4.78, 5) is 0. The molecule has 312 valence electrons. The van der Waals surface area contributed by atoms with Crippen molar-refractivity contribution in [2.24, 2.45) is 0 Å². The van der Waals surface area contributed by atoms with Gasteiger partial charge in [0.1, 0.15) is 23.1 Å². The fourth-order valence-corrected chi connectivity index (χ4v) is 6.45. The van der Waals surface area contributed by atoms with Gasteiger partial charge in [-0.15, -0.1) is 0 Å². The maximum absolute atomic E-state index is 14.7. The molecule has 0 aliphatic carbocycles. The molecule has 0 bridgehead atoms. The zero-order valence-corrected chi connectivity index (χ0v) is 33.0. The number of alkyl halides is 2. The van der Waals surface area contributed by atoms with Crippen LogP contribution in [-0.4, -0.2) is 25.7 Å². The van der Waals surface area contributed by atoms with Crippen LogP contribution in [0.5, 0.6) is 17.2 Å². The van der Waals surface area contributed by atoms with E-state index in [2.05, 4.69) is 0 Å². The summed E-state index contributed by atoms with van der Waals surface area (Å²) in [6.07, 6.45) is 6.58. The van der Waals surface area contributed by atoms with Crippen molar-refractivity contribution in [1.29, 1.82) is 0 Å². The fraction of sp³-hybridized carbons (Fsp3) is 0.478. The van der Waals surface area contributed by atoms with Gasteiger partial charge in [0.15, 0.2) is 23.2 Å². The van der Waals surface area contributed by atoms with E-state index >= 15 is 0 Å². The molecule has 0 amide bonds. The third-order valence-electron chi connectivity index (χ3n) is 10.0.